The second kappa shape index (κ2) is 7.17. The van der Waals surface area contributed by atoms with Gasteiger partial charge in [0.15, 0.2) is 0 Å². The normalized spacial score (nSPS) is 16.2. The van der Waals surface area contributed by atoms with Crippen molar-refractivity contribution in [3.63, 3.8) is 0 Å². The number of hydrogen-bond acceptors (Lipinski definition) is 4. The summed E-state index contributed by atoms with van der Waals surface area (Å²) in [5.41, 5.74) is 2.20. The minimum atomic E-state index is -3.55. The molecular weight excluding hydrogens is 346 g/mol. The minimum absolute atomic E-state index is 0.0273. The molecule has 128 valence electrons. The van der Waals surface area contributed by atoms with Crippen LogP contribution in [0.5, 0.6) is 0 Å². The number of nitrogens with one attached hydrogen (secondary N) is 1. The van der Waals surface area contributed by atoms with Gasteiger partial charge in [0.05, 0.1) is 23.0 Å². The van der Waals surface area contributed by atoms with Crippen molar-refractivity contribution in [1.29, 1.82) is 0 Å². The topological polar surface area (TPSA) is 72.0 Å². The summed E-state index contributed by atoms with van der Waals surface area (Å²) in [4.78, 5) is 8.50. The molecule has 1 saturated carbocycles. The van der Waals surface area contributed by atoms with Crippen molar-refractivity contribution in [3.8, 4) is 11.3 Å². The van der Waals surface area contributed by atoms with E-state index < -0.39 is 10.0 Å². The Bertz CT molecular complexity index is 833. The SMILES string of the molecule is Cc1ccc(S(=O)(=O)NC2CCCCC2)cc1-c1cncc(Cl)n1. The first-order valence-electron chi connectivity index (χ1n) is 8.06. The number of halogens is 1. The molecule has 0 bridgehead atoms. The van der Waals surface area contributed by atoms with E-state index >= 15 is 0 Å². The van der Waals surface area contributed by atoms with Crippen molar-refractivity contribution < 1.29 is 8.42 Å². The number of rotatable bonds is 4. The molecule has 1 heterocycles. The first kappa shape index (κ1) is 17.3. The molecular formula is C17H20ClN3O2S. The van der Waals surface area contributed by atoms with Gasteiger partial charge in [-0.05, 0) is 37.5 Å². The number of sulfonamides is 1. The fraction of sp³-hybridized carbons (Fsp3) is 0.412. The first-order chi connectivity index (χ1) is 11.5. The molecule has 3 rings (SSSR count). The highest BCUT2D eigenvalue weighted by molar-refractivity contribution is 7.89. The third-order valence-corrected chi connectivity index (χ3v) is 6.03. The van der Waals surface area contributed by atoms with Crippen LogP contribution in [0.4, 0.5) is 0 Å². The molecule has 1 N–H and O–H groups in total. The molecule has 0 spiro atoms. The summed E-state index contributed by atoms with van der Waals surface area (Å²) in [6.45, 7) is 1.91. The Balaban J connectivity index is 1.92. The Kier molecular flexibility index (Phi) is 5.18. The highest BCUT2D eigenvalue weighted by Gasteiger charge is 2.22. The zero-order chi connectivity index (χ0) is 17.2. The van der Waals surface area contributed by atoms with Crippen LogP contribution in [-0.4, -0.2) is 24.4 Å². The van der Waals surface area contributed by atoms with Gasteiger partial charge < -0.3 is 0 Å². The van der Waals surface area contributed by atoms with Crippen LogP contribution in [-0.2, 0) is 10.0 Å². The fourth-order valence-corrected chi connectivity index (χ4v) is 4.50. The molecule has 0 atom stereocenters. The standard InChI is InChI=1S/C17H20ClN3O2S/c1-12-7-8-14(9-15(12)16-10-19-11-17(18)20-16)24(22,23)21-13-5-3-2-4-6-13/h7-11,13,21H,2-6H2,1H3. The zero-order valence-corrected chi connectivity index (χ0v) is 15.1. The number of nitrogens with zero attached hydrogens (tertiary/aromatic N) is 2. The third kappa shape index (κ3) is 3.94. The molecule has 0 unspecified atom stereocenters. The Labute approximate surface area is 147 Å². The van der Waals surface area contributed by atoms with Crippen LogP contribution < -0.4 is 4.72 Å². The van der Waals surface area contributed by atoms with Gasteiger partial charge in [-0.2, -0.15) is 0 Å². The predicted octanol–water partition coefficient (Wildman–Crippen LogP) is 3.72. The van der Waals surface area contributed by atoms with Crippen molar-refractivity contribution >= 4 is 21.6 Å². The van der Waals surface area contributed by atoms with Gasteiger partial charge in [-0.25, -0.2) is 18.1 Å². The Morgan fingerprint density at radius 2 is 1.92 bits per heavy atom. The van der Waals surface area contributed by atoms with Crippen LogP contribution >= 0.6 is 11.6 Å². The molecule has 0 saturated heterocycles. The van der Waals surface area contributed by atoms with Crippen LogP contribution in [0.3, 0.4) is 0 Å². The van der Waals surface area contributed by atoms with E-state index in [9.17, 15) is 8.42 Å². The fourth-order valence-electron chi connectivity index (χ4n) is 3.02. The lowest BCUT2D eigenvalue weighted by Gasteiger charge is -2.22. The van der Waals surface area contributed by atoms with E-state index in [2.05, 4.69) is 14.7 Å². The molecule has 1 aliphatic carbocycles. The predicted molar refractivity (Wildman–Crippen MR) is 94.4 cm³/mol. The van der Waals surface area contributed by atoms with Crippen LogP contribution in [0.25, 0.3) is 11.3 Å². The number of aryl methyl sites for hydroxylation is 1. The molecule has 0 radical (unpaired) electrons. The highest BCUT2D eigenvalue weighted by atomic mass is 35.5. The van der Waals surface area contributed by atoms with E-state index in [1.807, 2.05) is 6.92 Å². The van der Waals surface area contributed by atoms with E-state index in [0.717, 1.165) is 36.8 Å². The molecule has 24 heavy (non-hydrogen) atoms. The molecule has 1 aromatic heterocycles. The summed E-state index contributed by atoms with van der Waals surface area (Å²) in [5, 5.41) is 0.278. The quantitative estimate of drug-likeness (QED) is 0.896. The van der Waals surface area contributed by atoms with E-state index in [4.69, 9.17) is 11.6 Å². The van der Waals surface area contributed by atoms with Crippen LogP contribution in [0.15, 0.2) is 35.5 Å². The smallest absolute Gasteiger partial charge is 0.240 e. The molecule has 2 aromatic rings. The lowest BCUT2D eigenvalue weighted by Crippen LogP contribution is -2.36. The van der Waals surface area contributed by atoms with E-state index in [-0.39, 0.29) is 16.1 Å². The second-order valence-corrected chi connectivity index (χ2v) is 8.26. The average molecular weight is 366 g/mol. The van der Waals surface area contributed by atoms with E-state index in [1.54, 1.807) is 24.4 Å². The van der Waals surface area contributed by atoms with Crippen molar-refractivity contribution in [2.24, 2.45) is 0 Å². The van der Waals surface area contributed by atoms with E-state index in [1.165, 1.54) is 12.6 Å². The minimum Gasteiger partial charge on any atom is -0.259 e. The lowest BCUT2D eigenvalue weighted by molar-refractivity contribution is 0.412. The summed E-state index contributed by atoms with van der Waals surface area (Å²) < 4.78 is 28.2. The van der Waals surface area contributed by atoms with Crippen molar-refractivity contribution in [2.75, 3.05) is 0 Å². The van der Waals surface area contributed by atoms with Gasteiger partial charge in [0.25, 0.3) is 0 Å². The molecule has 0 aliphatic heterocycles. The monoisotopic (exact) mass is 365 g/mol. The maximum Gasteiger partial charge on any atom is 0.240 e. The molecule has 1 aliphatic rings. The third-order valence-electron chi connectivity index (χ3n) is 4.33. The van der Waals surface area contributed by atoms with Gasteiger partial charge >= 0.3 is 0 Å². The van der Waals surface area contributed by atoms with Gasteiger partial charge in [-0.3, -0.25) is 4.98 Å². The van der Waals surface area contributed by atoms with Crippen molar-refractivity contribution in [1.82, 2.24) is 14.7 Å². The van der Waals surface area contributed by atoms with Gasteiger partial charge in [0.2, 0.25) is 10.0 Å². The molecule has 0 amide bonds. The Hall–Kier alpha value is -1.50. The largest absolute Gasteiger partial charge is 0.259 e. The summed E-state index contributed by atoms with van der Waals surface area (Å²) in [5.74, 6) is 0. The van der Waals surface area contributed by atoms with Crippen LogP contribution in [0.1, 0.15) is 37.7 Å². The summed E-state index contributed by atoms with van der Waals surface area (Å²) in [6, 6.07) is 5.08. The number of benzene rings is 1. The maximum absolute atomic E-state index is 12.7. The highest BCUT2D eigenvalue weighted by Crippen LogP contribution is 2.26. The molecule has 1 fully saturated rings. The Morgan fingerprint density at radius 3 is 2.62 bits per heavy atom. The van der Waals surface area contributed by atoms with Crippen LogP contribution in [0.2, 0.25) is 5.15 Å². The van der Waals surface area contributed by atoms with Crippen molar-refractivity contribution in [3.05, 3.63) is 41.3 Å². The van der Waals surface area contributed by atoms with Gasteiger partial charge in [-0.1, -0.05) is 36.9 Å². The maximum atomic E-state index is 12.7. The second-order valence-electron chi connectivity index (χ2n) is 6.16. The lowest BCUT2D eigenvalue weighted by atomic mass is 9.96. The van der Waals surface area contributed by atoms with Gasteiger partial charge in [0, 0.05) is 11.6 Å². The molecule has 7 heteroatoms. The van der Waals surface area contributed by atoms with E-state index in [0.29, 0.717) is 5.69 Å². The van der Waals surface area contributed by atoms with Gasteiger partial charge in [0.1, 0.15) is 5.15 Å². The Morgan fingerprint density at radius 1 is 1.17 bits per heavy atom. The number of hydrogen-bond donors (Lipinski definition) is 1. The van der Waals surface area contributed by atoms with Crippen molar-refractivity contribution in [2.45, 2.75) is 50.0 Å². The molecule has 5 nitrogen and oxygen atoms in total. The summed E-state index contributed by atoms with van der Waals surface area (Å²) >= 11 is 5.90. The summed E-state index contributed by atoms with van der Waals surface area (Å²) in [6.07, 6.45) is 8.16. The first-order valence-corrected chi connectivity index (χ1v) is 9.93. The summed E-state index contributed by atoms with van der Waals surface area (Å²) in [7, 11) is -3.55. The molecule has 1 aromatic carbocycles. The van der Waals surface area contributed by atoms with Crippen LogP contribution in [0, 0.1) is 6.92 Å². The van der Waals surface area contributed by atoms with Gasteiger partial charge in [-0.15, -0.1) is 0 Å². The zero-order valence-electron chi connectivity index (χ0n) is 13.5. The number of aromatic nitrogens is 2. The average Bonchev–Trinajstić information content (AvgIpc) is 2.55.